The van der Waals surface area contributed by atoms with Gasteiger partial charge < -0.3 is 10.1 Å². The maximum Gasteiger partial charge on any atom is 0.241 e. The van der Waals surface area contributed by atoms with Crippen molar-refractivity contribution in [3.8, 4) is 5.75 Å². The number of nitrogens with zero attached hydrogens (tertiary/aromatic N) is 1. The van der Waals surface area contributed by atoms with Gasteiger partial charge in [-0.3, -0.25) is 9.69 Å². The Morgan fingerprint density at radius 3 is 2.96 bits per heavy atom. The minimum absolute atomic E-state index is 0.0191. The third-order valence-electron chi connectivity index (χ3n) is 4.49. The molecule has 1 amide bonds. The summed E-state index contributed by atoms with van der Waals surface area (Å²) in [5.41, 5.74) is 0.739. The molecule has 1 aliphatic rings. The average Bonchev–Trinajstić information content (AvgIpc) is 3.27. The number of para-hydroxylation sites is 2. The van der Waals surface area contributed by atoms with Crippen LogP contribution in [-0.4, -0.2) is 30.0 Å². The topological polar surface area (TPSA) is 41.6 Å². The van der Waals surface area contributed by atoms with E-state index in [1.54, 1.807) is 11.3 Å². The van der Waals surface area contributed by atoms with Crippen LogP contribution >= 0.6 is 11.3 Å². The smallest absolute Gasteiger partial charge is 0.241 e. The van der Waals surface area contributed by atoms with Crippen molar-refractivity contribution >= 4 is 22.9 Å². The number of hydrogen-bond donors (Lipinski definition) is 1. The fourth-order valence-corrected chi connectivity index (χ4v) is 4.16. The number of rotatable bonds is 6. The van der Waals surface area contributed by atoms with Gasteiger partial charge in [0.2, 0.25) is 5.91 Å². The molecule has 0 saturated carbocycles. The van der Waals surface area contributed by atoms with Gasteiger partial charge in [-0.1, -0.05) is 18.2 Å². The number of benzene rings is 1. The Kier molecular flexibility index (Phi) is 5.53. The summed E-state index contributed by atoms with van der Waals surface area (Å²) in [6.07, 6.45) is 2.25. The van der Waals surface area contributed by atoms with Crippen LogP contribution in [-0.2, 0) is 4.79 Å². The first-order valence-corrected chi connectivity index (χ1v) is 9.40. The fraction of sp³-hybridized carbons (Fsp3) is 0.421. The molecule has 2 atom stereocenters. The molecule has 0 bridgehead atoms. The van der Waals surface area contributed by atoms with Gasteiger partial charge in [-0.05, 0) is 56.8 Å². The molecule has 1 N–H and O–H groups in total. The van der Waals surface area contributed by atoms with Gasteiger partial charge in [0.15, 0.2) is 0 Å². The molecule has 0 radical (unpaired) electrons. The molecule has 2 unspecified atom stereocenters. The van der Waals surface area contributed by atoms with E-state index in [4.69, 9.17) is 4.74 Å². The Morgan fingerprint density at radius 1 is 1.38 bits per heavy atom. The van der Waals surface area contributed by atoms with E-state index < -0.39 is 0 Å². The maximum absolute atomic E-state index is 12.8. The standard InChI is InChI=1S/C19H24N2O2S/c1-3-23-17-10-5-4-8-15(17)20-19(22)14(2)21-12-6-9-16(21)18-11-7-13-24-18/h4-5,7-8,10-11,13-14,16H,3,6,9,12H2,1-2H3,(H,20,22). The molecule has 2 heterocycles. The van der Waals surface area contributed by atoms with E-state index in [-0.39, 0.29) is 11.9 Å². The highest BCUT2D eigenvalue weighted by molar-refractivity contribution is 7.10. The van der Waals surface area contributed by atoms with Gasteiger partial charge >= 0.3 is 0 Å². The van der Waals surface area contributed by atoms with Gasteiger partial charge in [0.05, 0.1) is 18.3 Å². The predicted octanol–water partition coefficient (Wildman–Crippen LogP) is 4.31. The van der Waals surface area contributed by atoms with Crippen molar-refractivity contribution in [2.24, 2.45) is 0 Å². The quantitative estimate of drug-likeness (QED) is 0.849. The summed E-state index contributed by atoms with van der Waals surface area (Å²) < 4.78 is 5.60. The van der Waals surface area contributed by atoms with Crippen molar-refractivity contribution in [2.45, 2.75) is 38.8 Å². The van der Waals surface area contributed by atoms with Gasteiger partial charge in [-0.2, -0.15) is 0 Å². The Labute approximate surface area is 147 Å². The molecular formula is C19H24N2O2S. The molecule has 1 aromatic heterocycles. The van der Waals surface area contributed by atoms with E-state index >= 15 is 0 Å². The van der Waals surface area contributed by atoms with Crippen molar-refractivity contribution in [3.05, 3.63) is 46.7 Å². The highest BCUT2D eigenvalue weighted by atomic mass is 32.1. The van der Waals surface area contributed by atoms with E-state index in [2.05, 4.69) is 27.7 Å². The normalized spacial score (nSPS) is 19.2. The second-order valence-corrected chi connectivity index (χ2v) is 6.98. The summed E-state index contributed by atoms with van der Waals surface area (Å²) in [6, 6.07) is 12.0. The summed E-state index contributed by atoms with van der Waals surface area (Å²) in [6.45, 7) is 5.47. The lowest BCUT2D eigenvalue weighted by Crippen LogP contribution is -2.41. The number of thiophene rings is 1. The minimum Gasteiger partial charge on any atom is -0.492 e. The summed E-state index contributed by atoms with van der Waals surface area (Å²) in [5.74, 6) is 0.738. The highest BCUT2D eigenvalue weighted by Crippen LogP contribution is 2.36. The molecule has 4 nitrogen and oxygen atoms in total. The van der Waals surface area contributed by atoms with Crippen LogP contribution in [0.2, 0.25) is 0 Å². The molecule has 1 aromatic carbocycles. The van der Waals surface area contributed by atoms with E-state index in [1.165, 1.54) is 4.88 Å². The van der Waals surface area contributed by atoms with Crippen molar-refractivity contribution < 1.29 is 9.53 Å². The number of hydrogen-bond acceptors (Lipinski definition) is 4. The second-order valence-electron chi connectivity index (χ2n) is 6.01. The third kappa shape index (κ3) is 3.62. The number of carbonyl (C=O) groups is 1. The molecule has 3 rings (SSSR count). The van der Waals surface area contributed by atoms with E-state index in [0.717, 1.165) is 30.8 Å². The fourth-order valence-electron chi connectivity index (χ4n) is 3.28. The number of ether oxygens (including phenoxy) is 1. The molecule has 0 aliphatic carbocycles. The zero-order valence-corrected chi connectivity index (χ0v) is 15.0. The van der Waals surface area contributed by atoms with Gasteiger partial charge in [0.25, 0.3) is 0 Å². The van der Waals surface area contributed by atoms with Crippen molar-refractivity contribution in [1.29, 1.82) is 0 Å². The zero-order chi connectivity index (χ0) is 16.9. The monoisotopic (exact) mass is 344 g/mol. The lowest BCUT2D eigenvalue weighted by molar-refractivity contribution is -0.121. The SMILES string of the molecule is CCOc1ccccc1NC(=O)C(C)N1CCCC1c1cccs1. The molecule has 1 fully saturated rings. The molecule has 2 aromatic rings. The summed E-state index contributed by atoms with van der Waals surface area (Å²) in [5, 5.41) is 5.14. The van der Waals surface area contributed by atoms with Crippen LogP contribution in [0.4, 0.5) is 5.69 Å². The van der Waals surface area contributed by atoms with E-state index in [0.29, 0.717) is 12.6 Å². The molecule has 128 valence electrons. The first-order valence-electron chi connectivity index (χ1n) is 8.52. The van der Waals surface area contributed by atoms with Crippen LogP contribution in [0.5, 0.6) is 5.75 Å². The lowest BCUT2D eigenvalue weighted by Gasteiger charge is -2.29. The van der Waals surface area contributed by atoms with Gasteiger partial charge in [-0.25, -0.2) is 0 Å². The predicted molar refractivity (Wildman–Crippen MR) is 98.7 cm³/mol. The van der Waals surface area contributed by atoms with Crippen LogP contribution in [0.3, 0.4) is 0 Å². The first kappa shape index (κ1) is 17.0. The Bertz CT molecular complexity index is 672. The molecule has 5 heteroatoms. The van der Waals surface area contributed by atoms with Crippen LogP contribution in [0, 0.1) is 0 Å². The van der Waals surface area contributed by atoms with Gasteiger partial charge in [0.1, 0.15) is 5.75 Å². The zero-order valence-electron chi connectivity index (χ0n) is 14.2. The Morgan fingerprint density at radius 2 is 2.21 bits per heavy atom. The largest absolute Gasteiger partial charge is 0.492 e. The summed E-state index contributed by atoms with van der Waals surface area (Å²) in [7, 11) is 0. The first-order chi connectivity index (χ1) is 11.7. The number of carbonyl (C=O) groups excluding carboxylic acids is 1. The van der Waals surface area contributed by atoms with E-state index in [1.807, 2.05) is 38.1 Å². The maximum atomic E-state index is 12.8. The van der Waals surface area contributed by atoms with Crippen molar-refractivity contribution in [3.63, 3.8) is 0 Å². The average molecular weight is 344 g/mol. The second kappa shape index (κ2) is 7.81. The van der Waals surface area contributed by atoms with E-state index in [9.17, 15) is 4.79 Å². The third-order valence-corrected chi connectivity index (χ3v) is 5.46. The van der Waals surface area contributed by atoms with Crippen LogP contribution in [0.1, 0.15) is 37.6 Å². The Hall–Kier alpha value is -1.85. The van der Waals surface area contributed by atoms with Crippen molar-refractivity contribution in [2.75, 3.05) is 18.5 Å². The van der Waals surface area contributed by atoms with Crippen LogP contribution in [0.25, 0.3) is 0 Å². The summed E-state index contributed by atoms with van der Waals surface area (Å²) in [4.78, 5) is 16.4. The van der Waals surface area contributed by atoms with Crippen LogP contribution in [0.15, 0.2) is 41.8 Å². The van der Waals surface area contributed by atoms with Gasteiger partial charge in [0, 0.05) is 10.9 Å². The number of anilines is 1. The molecule has 0 spiro atoms. The highest BCUT2D eigenvalue weighted by Gasteiger charge is 2.33. The summed E-state index contributed by atoms with van der Waals surface area (Å²) >= 11 is 1.77. The molecule has 24 heavy (non-hydrogen) atoms. The molecule has 1 saturated heterocycles. The van der Waals surface area contributed by atoms with Crippen LogP contribution < -0.4 is 10.1 Å². The molecular weight excluding hydrogens is 320 g/mol. The Balaban J connectivity index is 1.71. The number of amides is 1. The number of likely N-dealkylation sites (tertiary alicyclic amines) is 1. The van der Waals surface area contributed by atoms with Gasteiger partial charge in [-0.15, -0.1) is 11.3 Å². The lowest BCUT2D eigenvalue weighted by atomic mass is 10.1. The number of nitrogens with one attached hydrogen (secondary N) is 1. The van der Waals surface area contributed by atoms with Crippen molar-refractivity contribution in [1.82, 2.24) is 4.90 Å². The minimum atomic E-state index is -0.172. The molecule has 1 aliphatic heterocycles.